The zero-order valence-electron chi connectivity index (χ0n) is 36.2. The molecule has 4 saturated carbocycles. The molecular weight excluding hydrogens is 699 g/mol. The number of hydrogen-bond donors (Lipinski definition) is 2. The summed E-state index contributed by atoms with van der Waals surface area (Å²) in [6.45, 7) is 22.5. The normalized spacial score (nSPS) is 38.0. The molecule has 0 radical (unpaired) electrons. The molecule has 6 aliphatic rings. The van der Waals surface area contributed by atoms with E-state index in [4.69, 9.17) is 4.74 Å². The van der Waals surface area contributed by atoms with Gasteiger partial charge in [-0.2, -0.15) is 0 Å². The monoisotopic (exact) mass is 772 g/mol. The minimum absolute atomic E-state index is 0.0128. The summed E-state index contributed by atoms with van der Waals surface area (Å²) < 4.78 is 6.19. The number of rotatable bonds is 10. The Morgan fingerprint density at radius 1 is 0.875 bits per heavy atom. The molecule has 2 N–H and O–H groups in total. The summed E-state index contributed by atoms with van der Waals surface area (Å²) in [5.74, 6) is 0.881. The Bertz CT molecular complexity index is 1710. The number of piperidine rings is 1. The molecule has 56 heavy (non-hydrogen) atoms. The zero-order valence-corrected chi connectivity index (χ0v) is 36.2. The van der Waals surface area contributed by atoms with Gasteiger partial charge in [0.1, 0.15) is 6.10 Å². The number of hydrogen-bond acceptors (Lipinski definition) is 6. The summed E-state index contributed by atoms with van der Waals surface area (Å²) in [5.41, 5.74) is 2.11. The summed E-state index contributed by atoms with van der Waals surface area (Å²) in [5, 5.41) is 22.2. The number of nitrogens with zero attached hydrogens (tertiary/aromatic N) is 1. The van der Waals surface area contributed by atoms with Crippen LogP contribution in [0, 0.1) is 62.1 Å². The molecule has 9 atom stereocenters. The predicted octanol–water partition coefficient (Wildman–Crippen LogP) is 9.70. The Hall–Kier alpha value is -2.51. The van der Waals surface area contributed by atoms with E-state index in [0.717, 1.165) is 89.3 Å². The fourth-order valence-electron chi connectivity index (χ4n) is 14.7. The highest BCUT2D eigenvalue weighted by Crippen LogP contribution is 2.77. The van der Waals surface area contributed by atoms with Crippen LogP contribution in [-0.2, 0) is 25.5 Å². The van der Waals surface area contributed by atoms with Gasteiger partial charge in [0.2, 0.25) is 0 Å². The Kier molecular flexibility index (Phi) is 10.9. The van der Waals surface area contributed by atoms with Gasteiger partial charge in [0.25, 0.3) is 0 Å². The standard InChI is InChI=1S/C49H73NO6/c1-31(2)41-35(51)28-49(38(52)30-50-25-19-33(20-26-50)27-32-13-11-10-12-14-32)24-23-47(8)34(42(41)49)15-16-37-46(7)21-18-39(56-40(53)29-44(3,4)43(54)55)45(5,6)36(46)17-22-48(37,47)9/h10-14,31,33-34,36-39,52H,15-30H2,1-9H3,(H,54,55). The highest BCUT2D eigenvalue weighted by Gasteiger charge is 2.71. The van der Waals surface area contributed by atoms with Crippen molar-refractivity contribution in [3.8, 4) is 0 Å². The van der Waals surface area contributed by atoms with Crippen LogP contribution in [0.3, 0.4) is 0 Å². The van der Waals surface area contributed by atoms with E-state index in [0.29, 0.717) is 30.7 Å². The third-order valence-electron chi connectivity index (χ3n) is 18.0. The van der Waals surface area contributed by atoms with Crippen LogP contribution in [0.1, 0.15) is 145 Å². The number of ketones is 1. The Morgan fingerprint density at radius 3 is 2.20 bits per heavy atom. The lowest BCUT2D eigenvalue weighted by molar-refractivity contribution is -0.235. The van der Waals surface area contributed by atoms with Crippen LogP contribution in [0.2, 0.25) is 0 Å². The first kappa shape index (κ1) is 41.6. The number of carbonyl (C=O) groups excluding carboxylic acids is 2. The van der Waals surface area contributed by atoms with Gasteiger partial charge in [-0.3, -0.25) is 14.4 Å². The Labute approximate surface area is 337 Å². The summed E-state index contributed by atoms with van der Waals surface area (Å²) in [6.07, 6.45) is 11.0. The average Bonchev–Trinajstić information content (AvgIpc) is 3.44. The maximum Gasteiger partial charge on any atom is 0.309 e. The van der Waals surface area contributed by atoms with Crippen LogP contribution >= 0.6 is 0 Å². The number of carboxylic acids is 1. The number of allylic oxidation sites excluding steroid dienone is 1. The minimum Gasteiger partial charge on any atom is -0.481 e. The van der Waals surface area contributed by atoms with Gasteiger partial charge in [-0.25, -0.2) is 0 Å². The van der Waals surface area contributed by atoms with Gasteiger partial charge < -0.3 is 19.8 Å². The van der Waals surface area contributed by atoms with E-state index in [9.17, 15) is 24.6 Å². The number of aliphatic hydroxyl groups excluding tert-OH is 1. The number of esters is 1. The van der Waals surface area contributed by atoms with Crippen LogP contribution in [0.15, 0.2) is 41.5 Å². The Balaban J connectivity index is 1.10. The number of fused-ring (bicyclic) bond motifs is 7. The molecule has 7 heteroatoms. The third kappa shape index (κ3) is 6.65. The van der Waals surface area contributed by atoms with Crippen molar-refractivity contribution < 1.29 is 29.3 Å². The molecule has 1 heterocycles. The number of likely N-dealkylation sites (tertiary alicyclic amines) is 1. The molecule has 1 aliphatic heterocycles. The highest BCUT2D eigenvalue weighted by molar-refractivity contribution is 6.00. The molecule has 1 aromatic rings. The zero-order chi connectivity index (χ0) is 40.6. The highest BCUT2D eigenvalue weighted by atomic mass is 16.5. The van der Waals surface area contributed by atoms with Gasteiger partial charge in [0, 0.05) is 23.8 Å². The SMILES string of the molecule is CC(C)C1=C2C3CCC4C5(C)CCC(OC(=O)CC(C)(C)C(=O)O)C(C)(C)C5CCC4(C)C3(C)CCC2(C(O)CN2CCC(Cc3ccccc3)CC2)CC1=O. The molecule has 5 aliphatic carbocycles. The number of ether oxygens (including phenoxy) is 1. The molecule has 5 fully saturated rings. The van der Waals surface area contributed by atoms with Gasteiger partial charge >= 0.3 is 11.9 Å². The van der Waals surface area contributed by atoms with E-state index in [1.165, 1.54) is 11.1 Å². The van der Waals surface area contributed by atoms with Crippen LogP contribution in [0.25, 0.3) is 0 Å². The van der Waals surface area contributed by atoms with Crippen molar-refractivity contribution in [3.05, 3.63) is 47.0 Å². The van der Waals surface area contributed by atoms with Crippen molar-refractivity contribution in [3.63, 3.8) is 0 Å². The number of Topliss-reactive ketones (excluding diaryl/α,β-unsaturated/α-hetero) is 1. The average molecular weight is 772 g/mol. The first-order chi connectivity index (χ1) is 26.2. The fourth-order valence-corrected chi connectivity index (χ4v) is 14.7. The van der Waals surface area contributed by atoms with E-state index >= 15 is 0 Å². The fraction of sp³-hybridized carbons (Fsp3) is 0.776. The number of aliphatic carboxylic acids is 1. The van der Waals surface area contributed by atoms with Crippen LogP contribution < -0.4 is 0 Å². The first-order valence-electron chi connectivity index (χ1n) is 22.3. The molecular formula is C49H73NO6. The van der Waals surface area contributed by atoms with Crippen molar-refractivity contribution in [1.82, 2.24) is 4.90 Å². The van der Waals surface area contributed by atoms with E-state index in [-0.39, 0.29) is 51.8 Å². The third-order valence-corrected chi connectivity index (χ3v) is 18.0. The topological polar surface area (TPSA) is 104 Å². The second kappa shape index (κ2) is 14.6. The largest absolute Gasteiger partial charge is 0.481 e. The van der Waals surface area contributed by atoms with Crippen LogP contribution in [0.5, 0.6) is 0 Å². The molecule has 0 bridgehead atoms. The lowest BCUT2D eigenvalue weighted by Gasteiger charge is -2.72. The van der Waals surface area contributed by atoms with Gasteiger partial charge in [-0.1, -0.05) is 84.4 Å². The first-order valence-corrected chi connectivity index (χ1v) is 22.3. The van der Waals surface area contributed by atoms with Crippen LogP contribution in [0.4, 0.5) is 0 Å². The Morgan fingerprint density at radius 2 is 1.55 bits per heavy atom. The molecule has 0 aromatic heterocycles. The van der Waals surface area contributed by atoms with E-state index in [1.807, 2.05) is 0 Å². The lowest BCUT2D eigenvalue weighted by Crippen LogP contribution is -2.66. The summed E-state index contributed by atoms with van der Waals surface area (Å²) >= 11 is 0. The van der Waals surface area contributed by atoms with Gasteiger partial charge in [-0.05, 0) is 155 Å². The van der Waals surface area contributed by atoms with Gasteiger partial charge in [0.05, 0.1) is 17.9 Å². The summed E-state index contributed by atoms with van der Waals surface area (Å²) in [7, 11) is 0. The molecule has 9 unspecified atom stereocenters. The maximum absolute atomic E-state index is 14.2. The molecule has 1 aromatic carbocycles. The molecule has 310 valence electrons. The summed E-state index contributed by atoms with van der Waals surface area (Å²) in [6, 6.07) is 10.8. The minimum atomic E-state index is -1.16. The van der Waals surface area contributed by atoms with Gasteiger partial charge in [-0.15, -0.1) is 0 Å². The van der Waals surface area contributed by atoms with Crippen molar-refractivity contribution in [2.45, 2.75) is 158 Å². The second-order valence-electron chi connectivity index (χ2n) is 22.0. The quantitative estimate of drug-likeness (QED) is 0.228. The molecule has 0 spiro atoms. The molecule has 0 amide bonds. The van der Waals surface area contributed by atoms with Crippen LogP contribution in [-0.4, -0.2) is 64.7 Å². The van der Waals surface area contributed by atoms with Gasteiger partial charge in [0.15, 0.2) is 5.78 Å². The number of carbonyl (C=O) groups is 3. The lowest BCUT2D eigenvalue weighted by atomic mass is 9.33. The smallest absolute Gasteiger partial charge is 0.309 e. The number of aliphatic hydroxyl groups is 1. The number of β-amino-alcohol motifs (C(OH)–C–C–N with tert-alkyl or cyclic N) is 1. The molecule has 1 saturated heterocycles. The van der Waals surface area contributed by atoms with Crippen molar-refractivity contribution in [2.75, 3.05) is 19.6 Å². The van der Waals surface area contributed by atoms with Crippen molar-refractivity contribution in [2.24, 2.45) is 62.1 Å². The number of carboxylic acid groups (broad SMARTS) is 1. The van der Waals surface area contributed by atoms with E-state index in [2.05, 4.69) is 83.7 Å². The summed E-state index contributed by atoms with van der Waals surface area (Å²) in [4.78, 5) is 41.6. The molecule has 7 nitrogen and oxygen atoms in total. The second-order valence-corrected chi connectivity index (χ2v) is 22.0. The van der Waals surface area contributed by atoms with E-state index < -0.39 is 28.9 Å². The van der Waals surface area contributed by atoms with Crippen molar-refractivity contribution >= 4 is 17.7 Å². The maximum atomic E-state index is 14.2. The number of benzene rings is 1. The van der Waals surface area contributed by atoms with Crippen molar-refractivity contribution in [1.29, 1.82) is 0 Å². The molecule has 7 rings (SSSR count). The predicted molar refractivity (Wildman–Crippen MR) is 221 cm³/mol. The van der Waals surface area contributed by atoms with E-state index in [1.54, 1.807) is 13.8 Å².